The van der Waals surface area contributed by atoms with E-state index in [9.17, 15) is 4.79 Å². The summed E-state index contributed by atoms with van der Waals surface area (Å²) in [4.78, 5) is 17.7. The lowest BCUT2D eigenvalue weighted by Crippen LogP contribution is -2.64. The molecule has 3 fully saturated rings. The topological polar surface area (TPSA) is 32.8 Å². The number of piperidine rings is 3. The molecule has 3 aliphatic rings. The van der Waals surface area contributed by atoms with Gasteiger partial charge in [0, 0.05) is 44.8 Å². The van der Waals surface area contributed by atoms with E-state index in [1.165, 1.54) is 48.9 Å². The van der Waals surface area contributed by atoms with E-state index in [2.05, 4.69) is 42.3 Å². The van der Waals surface area contributed by atoms with Gasteiger partial charge in [-0.25, -0.2) is 0 Å². The summed E-state index contributed by atoms with van der Waals surface area (Å²) in [6.45, 7) is 10.3. The summed E-state index contributed by atoms with van der Waals surface area (Å²) in [6.07, 6.45) is 4.20. The molecular weight excluding hydrogens is 577 g/mol. The van der Waals surface area contributed by atoms with Gasteiger partial charge < -0.3 is 14.1 Å². The van der Waals surface area contributed by atoms with Crippen LogP contribution in [0.4, 0.5) is 0 Å². The molecule has 0 aromatic heterocycles. The smallest absolute Gasteiger partial charge is 0.226 e. The maximum Gasteiger partial charge on any atom is 0.226 e. The van der Waals surface area contributed by atoms with Crippen LogP contribution in [0.5, 0.6) is 5.75 Å². The van der Waals surface area contributed by atoms with Crippen LogP contribution in [-0.2, 0) is 16.6 Å². The minimum atomic E-state index is -0.00415. The number of benzene rings is 3. The van der Waals surface area contributed by atoms with Gasteiger partial charge >= 0.3 is 0 Å². The molecule has 1 atom stereocenters. The SMILES string of the molecule is CC(C)Oc1cccc(CC(=O)N(C)CC(c2ccc(Cl)c(Cl)c2)N(C)CC[N+]23CCC(c4ccccc4)(CC2)CC3)c1. The van der Waals surface area contributed by atoms with Crippen molar-refractivity contribution >= 4 is 29.1 Å². The molecule has 230 valence electrons. The van der Waals surface area contributed by atoms with E-state index in [0.717, 1.165) is 30.0 Å². The first-order chi connectivity index (χ1) is 20.6. The fourth-order valence-corrected chi connectivity index (χ4v) is 7.35. The number of carbonyl (C=O) groups is 1. The van der Waals surface area contributed by atoms with Crippen LogP contribution >= 0.6 is 23.2 Å². The molecule has 7 heteroatoms. The highest BCUT2D eigenvalue weighted by molar-refractivity contribution is 6.42. The van der Waals surface area contributed by atoms with E-state index in [1.807, 2.05) is 68.3 Å². The Balaban J connectivity index is 1.25. The molecule has 43 heavy (non-hydrogen) atoms. The largest absolute Gasteiger partial charge is 0.491 e. The van der Waals surface area contributed by atoms with E-state index in [-0.39, 0.29) is 18.1 Å². The third-order valence-electron chi connectivity index (χ3n) is 9.87. The minimum absolute atomic E-state index is 0.00415. The van der Waals surface area contributed by atoms with E-state index >= 15 is 0 Å². The molecule has 0 N–H and O–H groups in total. The number of nitrogens with zero attached hydrogens (tertiary/aromatic N) is 3. The Bertz CT molecular complexity index is 1370. The third kappa shape index (κ3) is 7.57. The Hall–Kier alpha value is -2.57. The Kier molecular flexibility index (Phi) is 10.1. The Morgan fingerprint density at radius 1 is 0.907 bits per heavy atom. The molecule has 0 spiro atoms. The number of fused-ring (bicyclic) bond motifs is 3. The normalized spacial score (nSPS) is 22.1. The molecule has 2 bridgehead atoms. The molecule has 0 aliphatic carbocycles. The molecule has 0 saturated carbocycles. The number of quaternary nitrogens is 1. The maximum absolute atomic E-state index is 13.4. The van der Waals surface area contributed by atoms with Crippen molar-refractivity contribution in [2.45, 2.75) is 57.1 Å². The molecular formula is C36H46Cl2N3O2+. The van der Waals surface area contributed by atoms with Crippen LogP contribution in [0.1, 0.15) is 55.8 Å². The Morgan fingerprint density at radius 2 is 1.60 bits per heavy atom. The van der Waals surface area contributed by atoms with Crippen LogP contribution in [0.2, 0.25) is 10.0 Å². The number of hydrogen-bond donors (Lipinski definition) is 0. The highest BCUT2D eigenvalue weighted by Gasteiger charge is 2.49. The second kappa shape index (κ2) is 13.6. The van der Waals surface area contributed by atoms with E-state index in [0.29, 0.717) is 28.4 Å². The Labute approximate surface area is 267 Å². The van der Waals surface area contributed by atoms with Crippen LogP contribution in [0.3, 0.4) is 0 Å². The number of amides is 1. The zero-order chi connectivity index (χ0) is 30.6. The van der Waals surface area contributed by atoms with Crippen molar-refractivity contribution < 1.29 is 14.0 Å². The van der Waals surface area contributed by atoms with Gasteiger partial charge in [-0.15, -0.1) is 0 Å². The second-order valence-corrected chi connectivity index (χ2v) is 13.9. The van der Waals surface area contributed by atoms with E-state index < -0.39 is 0 Å². The maximum atomic E-state index is 13.4. The molecule has 6 rings (SSSR count). The Morgan fingerprint density at radius 3 is 2.26 bits per heavy atom. The van der Waals surface area contributed by atoms with Crippen molar-refractivity contribution in [1.29, 1.82) is 0 Å². The van der Waals surface area contributed by atoms with Crippen molar-refractivity contribution in [2.75, 3.05) is 53.4 Å². The molecule has 3 heterocycles. The zero-order valence-electron chi connectivity index (χ0n) is 26.1. The van der Waals surface area contributed by atoms with Gasteiger partial charge in [0.1, 0.15) is 5.75 Å². The van der Waals surface area contributed by atoms with Crippen molar-refractivity contribution in [3.05, 3.63) is 99.5 Å². The average Bonchev–Trinajstić information content (AvgIpc) is 3.01. The van der Waals surface area contributed by atoms with Gasteiger partial charge in [-0.05, 0) is 61.9 Å². The highest BCUT2D eigenvalue weighted by Crippen LogP contribution is 2.46. The predicted molar refractivity (Wildman–Crippen MR) is 177 cm³/mol. The molecule has 1 unspecified atom stereocenters. The summed E-state index contributed by atoms with van der Waals surface area (Å²) in [5.74, 6) is 0.867. The van der Waals surface area contributed by atoms with Gasteiger partial charge in [-0.1, -0.05) is 71.7 Å². The number of hydrogen-bond acceptors (Lipinski definition) is 3. The summed E-state index contributed by atoms with van der Waals surface area (Å²) in [5, 5.41) is 1.08. The van der Waals surface area contributed by atoms with Crippen LogP contribution in [0.25, 0.3) is 0 Å². The molecule has 3 aromatic rings. The fraction of sp³-hybridized carbons (Fsp3) is 0.472. The molecule has 3 aliphatic heterocycles. The summed E-state index contributed by atoms with van der Waals surface area (Å²) in [7, 11) is 4.08. The highest BCUT2D eigenvalue weighted by atomic mass is 35.5. The average molecular weight is 624 g/mol. The van der Waals surface area contributed by atoms with Crippen LogP contribution in [0.15, 0.2) is 72.8 Å². The molecule has 0 radical (unpaired) electrons. The molecule has 3 saturated heterocycles. The molecule has 3 aromatic carbocycles. The number of ether oxygens (including phenoxy) is 1. The first-order valence-electron chi connectivity index (χ1n) is 15.6. The summed E-state index contributed by atoms with van der Waals surface area (Å²) in [5.41, 5.74) is 3.91. The monoisotopic (exact) mass is 622 g/mol. The lowest BCUT2D eigenvalue weighted by Gasteiger charge is -2.55. The second-order valence-electron chi connectivity index (χ2n) is 13.1. The van der Waals surface area contributed by atoms with Crippen molar-refractivity contribution in [2.24, 2.45) is 0 Å². The summed E-state index contributed by atoms with van der Waals surface area (Å²) >= 11 is 12.8. The fourth-order valence-electron chi connectivity index (χ4n) is 7.04. The standard InChI is InChI=1S/C36H46Cl2N3O2/c1-27(2)43-31-12-8-9-28(23-31)24-35(42)40(4)26-34(29-13-14-32(37)33(38)25-29)39(3)18-22-41-19-15-36(16-20-41,17-21-41)30-10-6-5-7-11-30/h5-14,23,25,27,34H,15-22,24,26H2,1-4H3/q+1. The van der Waals surface area contributed by atoms with Gasteiger partial charge in [0.2, 0.25) is 5.91 Å². The van der Waals surface area contributed by atoms with Crippen molar-refractivity contribution in [1.82, 2.24) is 9.80 Å². The van der Waals surface area contributed by atoms with Crippen molar-refractivity contribution in [3.63, 3.8) is 0 Å². The van der Waals surface area contributed by atoms with Gasteiger partial charge in [-0.3, -0.25) is 9.69 Å². The van der Waals surface area contributed by atoms with Gasteiger partial charge in [0.05, 0.1) is 54.8 Å². The van der Waals surface area contributed by atoms with Gasteiger partial charge in [0.25, 0.3) is 0 Å². The first kappa shape index (κ1) is 31.8. The lowest BCUT2D eigenvalue weighted by atomic mass is 9.66. The quantitative estimate of drug-likeness (QED) is 0.197. The van der Waals surface area contributed by atoms with Crippen molar-refractivity contribution in [3.8, 4) is 5.75 Å². The lowest BCUT2D eigenvalue weighted by molar-refractivity contribution is -0.943. The third-order valence-corrected chi connectivity index (χ3v) is 10.6. The number of carbonyl (C=O) groups excluding carboxylic acids is 1. The van der Waals surface area contributed by atoms with Gasteiger partial charge in [0.15, 0.2) is 0 Å². The minimum Gasteiger partial charge on any atom is -0.491 e. The summed E-state index contributed by atoms with van der Waals surface area (Å²) in [6, 6.07) is 24.9. The van der Waals surface area contributed by atoms with E-state index in [1.54, 1.807) is 0 Å². The zero-order valence-corrected chi connectivity index (χ0v) is 27.6. The van der Waals surface area contributed by atoms with Crippen LogP contribution < -0.4 is 4.74 Å². The number of likely N-dealkylation sites (N-methyl/N-ethyl adjacent to an activating group) is 2. The number of halogens is 2. The number of rotatable bonds is 12. The van der Waals surface area contributed by atoms with Crippen LogP contribution in [0, 0.1) is 0 Å². The summed E-state index contributed by atoms with van der Waals surface area (Å²) < 4.78 is 7.03. The predicted octanol–water partition coefficient (Wildman–Crippen LogP) is 7.41. The first-order valence-corrected chi connectivity index (χ1v) is 16.4. The van der Waals surface area contributed by atoms with Crippen LogP contribution in [-0.4, -0.2) is 79.7 Å². The van der Waals surface area contributed by atoms with Gasteiger partial charge in [-0.2, -0.15) is 0 Å². The molecule has 1 amide bonds. The molecule has 5 nitrogen and oxygen atoms in total. The van der Waals surface area contributed by atoms with E-state index in [4.69, 9.17) is 27.9 Å².